The van der Waals surface area contributed by atoms with Gasteiger partial charge in [0.1, 0.15) is 12.1 Å². The number of carbonyl (C=O) groups is 3. The molecular formula is C20H36N4O3. The number of nitrogens with one attached hydrogen (secondary N) is 1. The summed E-state index contributed by atoms with van der Waals surface area (Å²) in [5.74, 6) is -0.0283. The van der Waals surface area contributed by atoms with Crippen LogP contribution in [0, 0.1) is 5.92 Å². The number of likely N-dealkylation sites (N-methyl/N-ethyl adjacent to an activating group) is 1. The third kappa shape index (κ3) is 5.21. The molecule has 1 spiro atoms. The number of carbonyl (C=O) groups excluding carboxylic acids is 3. The van der Waals surface area contributed by atoms with Crippen molar-refractivity contribution in [3.8, 4) is 0 Å². The molecule has 0 unspecified atom stereocenters. The summed E-state index contributed by atoms with van der Waals surface area (Å²) >= 11 is 0. The van der Waals surface area contributed by atoms with E-state index in [1.165, 1.54) is 0 Å². The van der Waals surface area contributed by atoms with Crippen LogP contribution in [0.25, 0.3) is 0 Å². The Balaban J connectivity index is 2.02. The highest BCUT2D eigenvalue weighted by Gasteiger charge is 2.51. The zero-order valence-electron chi connectivity index (χ0n) is 17.4. The molecule has 2 fully saturated rings. The molecule has 2 aliphatic rings. The van der Waals surface area contributed by atoms with Gasteiger partial charge in [-0.25, -0.2) is 4.79 Å². The van der Waals surface area contributed by atoms with Crippen LogP contribution in [-0.4, -0.2) is 77.4 Å². The summed E-state index contributed by atoms with van der Waals surface area (Å²) < 4.78 is 0. The largest absolute Gasteiger partial charge is 0.340 e. The summed E-state index contributed by atoms with van der Waals surface area (Å²) in [5.41, 5.74) is -0.764. The molecule has 7 heteroatoms. The fraction of sp³-hybridized carbons (Fsp3) is 0.850. The van der Waals surface area contributed by atoms with Crippen LogP contribution >= 0.6 is 0 Å². The monoisotopic (exact) mass is 380 g/mol. The number of hydrogen-bond acceptors (Lipinski definition) is 4. The summed E-state index contributed by atoms with van der Waals surface area (Å²) in [5, 5.41) is 2.88. The standard InChI is InChI=1S/C20H36N4O3/c1-5-22(6-2)12-13-23(14-16(3)4)17(25)15-24-18(26)20(21-19(24)27)10-8-7-9-11-20/h16H,5-15H2,1-4H3,(H,21,27). The topological polar surface area (TPSA) is 73.0 Å². The lowest BCUT2D eigenvalue weighted by molar-refractivity contribution is -0.140. The zero-order valence-corrected chi connectivity index (χ0v) is 17.4. The number of amides is 4. The van der Waals surface area contributed by atoms with Crippen LogP contribution in [0.5, 0.6) is 0 Å². The Morgan fingerprint density at radius 1 is 1.11 bits per heavy atom. The Morgan fingerprint density at radius 2 is 1.74 bits per heavy atom. The van der Waals surface area contributed by atoms with Crippen molar-refractivity contribution < 1.29 is 14.4 Å². The molecule has 1 aliphatic heterocycles. The lowest BCUT2D eigenvalue weighted by Gasteiger charge is -2.31. The maximum absolute atomic E-state index is 12.9. The fourth-order valence-electron chi connectivity index (χ4n) is 4.11. The van der Waals surface area contributed by atoms with Gasteiger partial charge in [0, 0.05) is 19.6 Å². The Labute approximate surface area is 163 Å². The van der Waals surface area contributed by atoms with E-state index in [1.54, 1.807) is 4.90 Å². The van der Waals surface area contributed by atoms with Crippen LogP contribution in [0.4, 0.5) is 4.79 Å². The SMILES string of the molecule is CCN(CC)CCN(CC(C)C)C(=O)CN1C(=O)NC2(CCCCC2)C1=O. The predicted octanol–water partition coefficient (Wildman–Crippen LogP) is 2.07. The molecule has 0 aromatic rings. The molecule has 0 atom stereocenters. The Hall–Kier alpha value is -1.63. The van der Waals surface area contributed by atoms with Crippen LogP contribution in [0.1, 0.15) is 59.8 Å². The minimum atomic E-state index is -0.764. The van der Waals surface area contributed by atoms with Crippen LogP contribution < -0.4 is 5.32 Å². The number of imide groups is 1. The highest BCUT2D eigenvalue weighted by atomic mass is 16.2. The molecule has 0 aromatic carbocycles. The predicted molar refractivity (Wildman–Crippen MR) is 105 cm³/mol. The first kappa shape index (κ1) is 21.7. The molecule has 0 radical (unpaired) electrons. The summed E-state index contributed by atoms with van der Waals surface area (Å²) in [7, 11) is 0. The average molecular weight is 381 g/mol. The lowest BCUT2D eigenvalue weighted by atomic mass is 9.82. The minimum absolute atomic E-state index is 0.146. The summed E-state index contributed by atoms with van der Waals surface area (Å²) in [6.07, 6.45) is 4.34. The molecule has 2 rings (SSSR count). The Morgan fingerprint density at radius 3 is 2.30 bits per heavy atom. The van der Waals surface area contributed by atoms with Crippen LogP contribution in [0.15, 0.2) is 0 Å². The van der Waals surface area contributed by atoms with E-state index in [4.69, 9.17) is 0 Å². The Kier molecular flexibility index (Phi) is 7.65. The number of hydrogen-bond donors (Lipinski definition) is 1. The third-order valence-corrected chi connectivity index (χ3v) is 5.77. The van der Waals surface area contributed by atoms with E-state index in [9.17, 15) is 14.4 Å². The quantitative estimate of drug-likeness (QED) is 0.622. The van der Waals surface area contributed by atoms with Crippen LogP contribution in [-0.2, 0) is 9.59 Å². The van der Waals surface area contributed by atoms with Crippen molar-refractivity contribution in [2.75, 3.05) is 39.3 Å². The Bertz CT molecular complexity index is 539. The highest BCUT2D eigenvalue weighted by Crippen LogP contribution is 2.33. The van der Waals surface area contributed by atoms with E-state index in [0.29, 0.717) is 31.8 Å². The molecule has 7 nitrogen and oxygen atoms in total. The van der Waals surface area contributed by atoms with Crippen molar-refractivity contribution in [3.05, 3.63) is 0 Å². The van der Waals surface area contributed by atoms with Crippen molar-refractivity contribution >= 4 is 17.8 Å². The van der Waals surface area contributed by atoms with Gasteiger partial charge in [-0.1, -0.05) is 47.0 Å². The first-order chi connectivity index (χ1) is 12.8. The molecule has 0 aromatic heterocycles. The third-order valence-electron chi connectivity index (χ3n) is 5.77. The molecule has 1 saturated heterocycles. The van der Waals surface area contributed by atoms with Gasteiger partial charge < -0.3 is 15.1 Å². The van der Waals surface area contributed by atoms with Crippen LogP contribution in [0.3, 0.4) is 0 Å². The van der Waals surface area contributed by atoms with Crippen molar-refractivity contribution in [3.63, 3.8) is 0 Å². The van der Waals surface area contributed by atoms with E-state index in [2.05, 4.69) is 37.9 Å². The maximum atomic E-state index is 12.9. The molecule has 1 heterocycles. The summed E-state index contributed by atoms with van der Waals surface area (Å²) in [6.45, 7) is 12.1. The van der Waals surface area contributed by atoms with Gasteiger partial charge in [0.25, 0.3) is 5.91 Å². The smallest absolute Gasteiger partial charge is 0.325 e. The van der Waals surface area contributed by atoms with Crippen molar-refractivity contribution in [2.24, 2.45) is 5.92 Å². The van der Waals surface area contributed by atoms with Gasteiger partial charge >= 0.3 is 6.03 Å². The van der Waals surface area contributed by atoms with Gasteiger partial charge in [0.15, 0.2) is 0 Å². The normalized spacial score (nSPS) is 19.3. The van der Waals surface area contributed by atoms with Gasteiger partial charge in [0.05, 0.1) is 0 Å². The molecule has 1 N–H and O–H groups in total. The lowest BCUT2D eigenvalue weighted by Crippen LogP contribution is -2.49. The van der Waals surface area contributed by atoms with E-state index >= 15 is 0 Å². The summed E-state index contributed by atoms with van der Waals surface area (Å²) in [4.78, 5) is 43.4. The van der Waals surface area contributed by atoms with Crippen molar-refractivity contribution in [1.82, 2.24) is 20.0 Å². The molecule has 154 valence electrons. The van der Waals surface area contributed by atoms with E-state index in [-0.39, 0.29) is 18.4 Å². The maximum Gasteiger partial charge on any atom is 0.325 e. The van der Waals surface area contributed by atoms with Gasteiger partial charge in [-0.15, -0.1) is 0 Å². The average Bonchev–Trinajstić information content (AvgIpc) is 2.85. The van der Waals surface area contributed by atoms with Crippen LogP contribution in [0.2, 0.25) is 0 Å². The molecule has 1 saturated carbocycles. The number of urea groups is 1. The second-order valence-electron chi connectivity index (χ2n) is 8.22. The first-order valence-corrected chi connectivity index (χ1v) is 10.5. The summed E-state index contributed by atoms with van der Waals surface area (Å²) in [6, 6.07) is -0.413. The van der Waals surface area contributed by atoms with Gasteiger partial charge in [0.2, 0.25) is 5.91 Å². The van der Waals surface area contributed by atoms with E-state index < -0.39 is 11.6 Å². The highest BCUT2D eigenvalue weighted by molar-refractivity contribution is 6.09. The van der Waals surface area contributed by atoms with E-state index in [0.717, 1.165) is 43.8 Å². The zero-order chi connectivity index (χ0) is 20.0. The molecular weight excluding hydrogens is 344 g/mol. The van der Waals surface area contributed by atoms with Crippen molar-refractivity contribution in [2.45, 2.75) is 65.3 Å². The molecule has 0 bridgehead atoms. The van der Waals surface area contributed by atoms with Gasteiger partial charge in [-0.05, 0) is 31.8 Å². The first-order valence-electron chi connectivity index (χ1n) is 10.5. The molecule has 4 amide bonds. The minimum Gasteiger partial charge on any atom is -0.340 e. The molecule has 1 aliphatic carbocycles. The van der Waals surface area contributed by atoms with Gasteiger partial charge in [-0.3, -0.25) is 14.5 Å². The second-order valence-corrected chi connectivity index (χ2v) is 8.22. The number of nitrogens with zero attached hydrogens (tertiary/aromatic N) is 3. The van der Waals surface area contributed by atoms with E-state index in [1.807, 2.05) is 0 Å². The van der Waals surface area contributed by atoms with Crippen molar-refractivity contribution in [1.29, 1.82) is 0 Å². The van der Waals surface area contributed by atoms with Gasteiger partial charge in [-0.2, -0.15) is 0 Å². The second kappa shape index (κ2) is 9.53. The fourth-order valence-corrected chi connectivity index (χ4v) is 4.11. The molecule has 27 heavy (non-hydrogen) atoms. The number of rotatable bonds is 9.